The van der Waals surface area contributed by atoms with Crippen LogP contribution in [0, 0.1) is 0 Å². The number of anilines is 1. The molecule has 0 aliphatic rings. The Hall–Kier alpha value is -3.93. The number of imidazole rings is 1. The lowest BCUT2D eigenvalue weighted by atomic mass is 10.0. The molecule has 0 amide bonds. The molecule has 0 aliphatic heterocycles. The van der Waals surface area contributed by atoms with Crippen molar-refractivity contribution in [2.75, 3.05) is 5.73 Å². The molecule has 6 aromatic rings. The van der Waals surface area contributed by atoms with Gasteiger partial charge in [-0.05, 0) is 48.4 Å². The summed E-state index contributed by atoms with van der Waals surface area (Å²) in [6.07, 6.45) is 3.61. The van der Waals surface area contributed by atoms with Crippen LogP contribution in [-0.2, 0) is 0 Å². The second-order valence-corrected chi connectivity index (χ2v) is 7.98. The standard InChI is InChI=1S/C24H20N6/c1-12(2)19-18(16-11-13(25)7-8-17(16)28-19)24-29-22-14-5-3-9-26-20(14)21-15(23(22)30-24)6-4-10-27-21/h3-12,28H,25H2,1-2H3,(H,29,30). The van der Waals surface area contributed by atoms with Gasteiger partial charge in [0.25, 0.3) is 0 Å². The van der Waals surface area contributed by atoms with Crippen molar-refractivity contribution < 1.29 is 0 Å². The van der Waals surface area contributed by atoms with Crippen LogP contribution in [0.5, 0.6) is 0 Å². The first-order valence-corrected chi connectivity index (χ1v) is 10.0. The molecule has 0 saturated carbocycles. The Labute approximate surface area is 172 Å². The topological polar surface area (TPSA) is 96.3 Å². The van der Waals surface area contributed by atoms with Crippen LogP contribution in [0.25, 0.3) is 55.1 Å². The molecule has 4 N–H and O–H groups in total. The minimum absolute atomic E-state index is 0.304. The van der Waals surface area contributed by atoms with Gasteiger partial charge in [-0.15, -0.1) is 0 Å². The molecule has 2 aromatic carbocycles. The third-order valence-corrected chi connectivity index (χ3v) is 5.73. The summed E-state index contributed by atoms with van der Waals surface area (Å²) in [6.45, 7) is 4.36. The van der Waals surface area contributed by atoms with E-state index in [1.165, 1.54) is 0 Å². The van der Waals surface area contributed by atoms with Crippen molar-refractivity contribution >= 4 is 49.4 Å². The van der Waals surface area contributed by atoms with Gasteiger partial charge in [0.2, 0.25) is 0 Å². The molecule has 6 nitrogen and oxygen atoms in total. The molecule has 4 heterocycles. The van der Waals surface area contributed by atoms with E-state index in [9.17, 15) is 0 Å². The third kappa shape index (κ3) is 2.27. The molecule has 0 atom stereocenters. The van der Waals surface area contributed by atoms with Gasteiger partial charge in [0.05, 0.1) is 22.1 Å². The number of rotatable bonds is 2. The van der Waals surface area contributed by atoms with Gasteiger partial charge < -0.3 is 15.7 Å². The number of aromatic nitrogens is 5. The Bertz CT molecular complexity index is 1520. The smallest absolute Gasteiger partial charge is 0.140 e. The molecular weight excluding hydrogens is 372 g/mol. The summed E-state index contributed by atoms with van der Waals surface area (Å²) in [6, 6.07) is 14.0. The van der Waals surface area contributed by atoms with Gasteiger partial charge in [0.15, 0.2) is 0 Å². The fourth-order valence-electron chi connectivity index (χ4n) is 4.38. The average molecular weight is 392 g/mol. The van der Waals surface area contributed by atoms with Crippen LogP contribution < -0.4 is 5.73 Å². The SMILES string of the molecule is CC(C)c1[nH]c2ccc(N)cc2c1-c1nc2c3cccnc3c3ncccc3c2[nH]1. The van der Waals surface area contributed by atoms with Gasteiger partial charge in [0, 0.05) is 51.0 Å². The van der Waals surface area contributed by atoms with Crippen LogP contribution in [0.2, 0.25) is 0 Å². The highest BCUT2D eigenvalue weighted by molar-refractivity contribution is 6.21. The second kappa shape index (κ2) is 6.03. The molecule has 0 radical (unpaired) electrons. The molecule has 0 fully saturated rings. The van der Waals surface area contributed by atoms with E-state index in [0.29, 0.717) is 5.92 Å². The molecule has 6 rings (SSSR count). The number of H-pyrrole nitrogens is 2. The van der Waals surface area contributed by atoms with Crippen LogP contribution in [0.3, 0.4) is 0 Å². The summed E-state index contributed by atoms with van der Waals surface area (Å²) < 4.78 is 0. The first-order valence-electron chi connectivity index (χ1n) is 10.0. The van der Waals surface area contributed by atoms with Gasteiger partial charge in [-0.3, -0.25) is 9.97 Å². The number of nitrogens with two attached hydrogens (primary N) is 1. The maximum atomic E-state index is 6.12. The molecule has 146 valence electrons. The first kappa shape index (κ1) is 17.0. The molecule has 0 unspecified atom stereocenters. The van der Waals surface area contributed by atoms with Crippen molar-refractivity contribution in [1.29, 1.82) is 0 Å². The van der Waals surface area contributed by atoms with Crippen molar-refractivity contribution in [3.8, 4) is 11.4 Å². The lowest BCUT2D eigenvalue weighted by Gasteiger charge is -2.05. The van der Waals surface area contributed by atoms with Crippen molar-refractivity contribution in [1.82, 2.24) is 24.9 Å². The lowest BCUT2D eigenvalue weighted by molar-refractivity contribution is 0.837. The molecule has 30 heavy (non-hydrogen) atoms. The number of pyridine rings is 2. The quantitative estimate of drug-likeness (QED) is 0.267. The van der Waals surface area contributed by atoms with E-state index in [2.05, 4.69) is 45.9 Å². The van der Waals surface area contributed by atoms with Crippen LogP contribution >= 0.6 is 0 Å². The number of hydrogen-bond donors (Lipinski definition) is 3. The van der Waals surface area contributed by atoms with Crippen molar-refractivity contribution in [3.63, 3.8) is 0 Å². The van der Waals surface area contributed by atoms with Crippen molar-refractivity contribution in [3.05, 3.63) is 60.6 Å². The van der Waals surface area contributed by atoms with E-state index < -0.39 is 0 Å². The van der Waals surface area contributed by atoms with Crippen LogP contribution in [0.4, 0.5) is 5.69 Å². The highest BCUT2D eigenvalue weighted by Crippen LogP contribution is 2.39. The highest BCUT2D eigenvalue weighted by atomic mass is 14.9. The Balaban J connectivity index is 1.78. The zero-order valence-electron chi connectivity index (χ0n) is 16.7. The molecule has 0 spiro atoms. The lowest BCUT2D eigenvalue weighted by Crippen LogP contribution is -1.92. The molecule has 4 aromatic heterocycles. The predicted octanol–water partition coefficient (Wildman–Crippen LogP) is 5.51. The number of fused-ring (bicyclic) bond motifs is 7. The molecular formula is C24H20N6. The second-order valence-electron chi connectivity index (χ2n) is 7.98. The van der Waals surface area contributed by atoms with Gasteiger partial charge in [-0.1, -0.05) is 13.8 Å². The monoisotopic (exact) mass is 392 g/mol. The third-order valence-electron chi connectivity index (χ3n) is 5.73. The Kier molecular flexibility index (Phi) is 3.41. The zero-order valence-corrected chi connectivity index (χ0v) is 16.7. The van der Waals surface area contributed by atoms with Gasteiger partial charge in [0.1, 0.15) is 5.82 Å². The maximum Gasteiger partial charge on any atom is 0.140 e. The van der Waals surface area contributed by atoms with Gasteiger partial charge in [-0.2, -0.15) is 0 Å². The van der Waals surface area contributed by atoms with E-state index in [4.69, 9.17) is 10.7 Å². The molecule has 0 aliphatic carbocycles. The Morgan fingerprint density at radius 2 is 1.57 bits per heavy atom. The van der Waals surface area contributed by atoms with Crippen LogP contribution in [0.1, 0.15) is 25.5 Å². The number of nitrogen functional groups attached to an aromatic ring is 1. The molecule has 0 saturated heterocycles. The maximum absolute atomic E-state index is 6.12. The number of benzene rings is 2. The summed E-state index contributed by atoms with van der Waals surface area (Å²) >= 11 is 0. The van der Waals surface area contributed by atoms with Gasteiger partial charge in [-0.25, -0.2) is 4.98 Å². The largest absolute Gasteiger partial charge is 0.399 e. The predicted molar refractivity (Wildman–Crippen MR) is 122 cm³/mol. The van der Waals surface area contributed by atoms with E-state index >= 15 is 0 Å². The minimum atomic E-state index is 0.304. The summed E-state index contributed by atoms with van der Waals surface area (Å²) in [5, 5.41) is 3.08. The summed E-state index contributed by atoms with van der Waals surface area (Å²) in [4.78, 5) is 21.4. The van der Waals surface area contributed by atoms with Crippen LogP contribution in [-0.4, -0.2) is 24.9 Å². The Morgan fingerprint density at radius 3 is 2.33 bits per heavy atom. The van der Waals surface area contributed by atoms with Crippen LogP contribution in [0.15, 0.2) is 54.9 Å². The first-order chi connectivity index (χ1) is 14.6. The fraction of sp³-hybridized carbons (Fsp3) is 0.125. The minimum Gasteiger partial charge on any atom is -0.399 e. The fourth-order valence-corrected chi connectivity index (χ4v) is 4.38. The summed E-state index contributed by atoms with van der Waals surface area (Å²) in [5.74, 6) is 1.13. The number of hydrogen-bond acceptors (Lipinski definition) is 4. The van der Waals surface area contributed by atoms with Crippen molar-refractivity contribution in [2.24, 2.45) is 0 Å². The average Bonchev–Trinajstić information content (AvgIpc) is 3.35. The van der Waals surface area contributed by atoms with E-state index in [0.717, 1.165) is 66.5 Å². The van der Waals surface area contributed by atoms with Gasteiger partial charge >= 0.3 is 0 Å². The number of aromatic amines is 2. The Morgan fingerprint density at radius 1 is 0.833 bits per heavy atom. The van der Waals surface area contributed by atoms with E-state index in [1.54, 1.807) is 12.4 Å². The number of nitrogens with one attached hydrogen (secondary N) is 2. The molecule has 6 heteroatoms. The van der Waals surface area contributed by atoms with Crippen molar-refractivity contribution in [2.45, 2.75) is 19.8 Å². The number of nitrogens with zero attached hydrogens (tertiary/aromatic N) is 3. The van der Waals surface area contributed by atoms with E-state index in [1.807, 2.05) is 30.3 Å². The normalized spacial score (nSPS) is 12.1. The summed E-state index contributed by atoms with van der Waals surface area (Å²) in [7, 11) is 0. The zero-order chi connectivity index (χ0) is 20.4. The molecule has 0 bridgehead atoms. The summed E-state index contributed by atoms with van der Waals surface area (Å²) in [5.41, 5.74) is 13.7. The highest BCUT2D eigenvalue weighted by Gasteiger charge is 2.21. The van der Waals surface area contributed by atoms with E-state index in [-0.39, 0.29) is 0 Å².